The lowest BCUT2D eigenvalue weighted by molar-refractivity contribution is 0.415. The monoisotopic (exact) mass is 229 g/mol. The quantitative estimate of drug-likeness (QED) is 0.851. The molecule has 0 aliphatic carbocycles. The number of hydrogen-bond acceptors (Lipinski definition) is 3. The fourth-order valence-electron chi connectivity index (χ4n) is 2.11. The molecule has 1 aromatic carbocycles. The maximum Gasteiger partial charge on any atom is 0.123 e. The molecule has 1 aromatic heterocycles. The van der Waals surface area contributed by atoms with Crippen molar-refractivity contribution in [2.24, 2.45) is 0 Å². The lowest BCUT2D eigenvalue weighted by Gasteiger charge is -2.13. The van der Waals surface area contributed by atoms with E-state index < -0.39 is 0 Å². The van der Waals surface area contributed by atoms with Gasteiger partial charge in [0.2, 0.25) is 0 Å². The molecule has 17 heavy (non-hydrogen) atoms. The summed E-state index contributed by atoms with van der Waals surface area (Å²) in [5, 5.41) is 3.32. The highest BCUT2D eigenvalue weighted by Crippen LogP contribution is 2.23. The summed E-state index contributed by atoms with van der Waals surface area (Å²) in [6, 6.07) is 8.01. The van der Waals surface area contributed by atoms with Gasteiger partial charge in [-0.15, -0.1) is 0 Å². The van der Waals surface area contributed by atoms with Crippen LogP contribution in [0, 0.1) is 0 Å². The minimum atomic E-state index is 0.851. The topological polar surface area (TPSA) is 39.1 Å². The summed E-state index contributed by atoms with van der Waals surface area (Å²) in [4.78, 5) is 4.64. The van der Waals surface area contributed by atoms with Crippen molar-refractivity contribution in [2.45, 2.75) is 13.1 Å². The van der Waals surface area contributed by atoms with Crippen LogP contribution in [0.4, 0.5) is 0 Å². The molecule has 1 aliphatic rings. The average Bonchev–Trinajstić information content (AvgIpc) is 2.82. The predicted molar refractivity (Wildman–Crippen MR) is 65.9 cm³/mol. The van der Waals surface area contributed by atoms with Crippen LogP contribution in [0.1, 0.15) is 5.82 Å². The number of benzene rings is 1. The molecule has 4 nitrogen and oxygen atoms in total. The molecule has 0 amide bonds. The van der Waals surface area contributed by atoms with Crippen LogP contribution >= 0.6 is 0 Å². The van der Waals surface area contributed by atoms with Crippen molar-refractivity contribution in [2.75, 3.05) is 13.7 Å². The number of methoxy groups -OCH3 is 1. The van der Waals surface area contributed by atoms with Crippen molar-refractivity contribution in [3.8, 4) is 17.0 Å². The molecule has 1 aliphatic heterocycles. The van der Waals surface area contributed by atoms with E-state index in [4.69, 9.17) is 4.74 Å². The van der Waals surface area contributed by atoms with Gasteiger partial charge in [0, 0.05) is 24.8 Å². The first-order valence-corrected chi connectivity index (χ1v) is 5.78. The van der Waals surface area contributed by atoms with Gasteiger partial charge in [0.05, 0.1) is 19.3 Å². The van der Waals surface area contributed by atoms with E-state index in [1.807, 2.05) is 18.2 Å². The molecule has 2 aromatic rings. The van der Waals surface area contributed by atoms with Crippen LogP contribution in [-0.2, 0) is 13.1 Å². The van der Waals surface area contributed by atoms with Crippen molar-refractivity contribution >= 4 is 0 Å². The zero-order valence-electron chi connectivity index (χ0n) is 9.81. The van der Waals surface area contributed by atoms with Gasteiger partial charge in [-0.3, -0.25) is 0 Å². The zero-order valence-corrected chi connectivity index (χ0v) is 9.81. The van der Waals surface area contributed by atoms with Crippen LogP contribution < -0.4 is 10.1 Å². The predicted octanol–water partition coefficient (Wildman–Crippen LogP) is 1.66. The summed E-state index contributed by atoms with van der Waals surface area (Å²) in [6.07, 6.45) is 2.12. The Bertz CT molecular complexity index is 510. The second-order valence-corrected chi connectivity index (χ2v) is 4.14. The van der Waals surface area contributed by atoms with E-state index in [1.54, 1.807) is 7.11 Å². The molecule has 0 spiro atoms. The summed E-state index contributed by atoms with van der Waals surface area (Å²) >= 11 is 0. The number of hydrogen-bond donors (Lipinski definition) is 1. The van der Waals surface area contributed by atoms with Gasteiger partial charge < -0.3 is 14.6 Å². The third-order valence-electron chi connectivity index (χ3n) is 3.04. The number of imidazole rings is 1. The second-order valence-electron chi connectivity index (χ2n) is 4.14. The number of rotatable bonds is 2. The largest absolute Gasteiger partial charge is 0.497 e. The van der Waals surface area contributed by atoms with E-state index in [2.05, 4.69) is 27.1 Å². The molecular formula is C13H15N3O. The van der Waals surface area contributed by atoms with Gasteiger partial charge in [-0.2, -0.15) is 0 Å². The van der Waals surface area contributed by atoms with Gasteiger partial charge in [0.1, 0.15) is 11.6 Å². The summed E-state index contributed by atoms with van der Waals surface area (Å²) in [5.74, 6) is 1.97. The number of nitrogens with zero attached hydrogens (tertiary/aromatic N) is 2. The lowest BCUT2D eigenvalue weighted by atomic mass is 10.1. The number of aromatic nitrogens is 2. The van der Waals surface area contributed by atoms with Gasteiger partial charge in [0.25, 0.3) is 0 Å². The van der Waals surface area contributed by atoms with E-state index in [0.29, 0.717) is 0 Å². The summed E-state index contributed by atoms with van der Waals surface area (Å²) in [5.41, 5.74) is 2.12. The highest BCUT2D eigenvalue weighted by molar-refractivity contribution is 5.60. The molecule has 0 saturated heterocycles. The van der Waals surface area contributed by atoms with Gasteiger partial charge in [0.15, 0.2) is 0 Å². The second kappa shape index (κ2) is 4.22. The Morgan fingerprint density at radius 3 is 3.18 bits per heavy atom. The third-order valence-corrected chi connectivity index (χ3v) is 3.04. The fraction of sp³-hybridized carbons (Fsp3) is 0.308. The molecule has 3 rings (SSSR count). The smallest absolute Gasteiger partial charge is 0.123 e. The van der Waals surface area contributed by atoms with Crippen LogP contribution in [-0.4, -0.2) is 23.2 Å². The average molecular weight is 229 g/mol. The molecule has 88 valence electrons. The number of ether oxygens (including phenoxy) is 1. The molecular weight excluding hydrogens is 214 g/mol. The van der Waals surface area contributed by atoms with Crippen LogP contribution in [0.2, 0.25) is 0 Å². The standard InChI is InChI=1S/C13H15N3O/c1-17-11-4-2-3-10(7-11)12-9-16-6-5-14-8-13(16)15-12/h2-4,7,9,14H,5-6,8H2,1H3. The Morgan fingerprint density at radius 2 is 2.35 bits per heavy atom. The molecule has 0 fully saturated rings. The maximum absolute atomic E-state index is 5.23. The van der Waals surface area contributed by atoms with E-state index in [1.165, 1.54) is 0 Å². The van der Waals surface area contributed by atoms with Gasteiger partial charge in [-0.1, -0.05) is 12.1 Å². The van der Waals surface area contributed by atoms with Crippen LogP contribution in [0.15, 0.2) is 30.5 Å². The zero-order chi connectivity index (χ0) is 11.7. The van der Waals surface area contributed by atoms with Crippen molar-refractivity contribution in [3.05, 3.63) is 36.3 Å². The molecule has 0 bridgehead atoms. The van der Waals surface area contributed by atoms with Crippen LogP contribution in [0.5, 0.6) is 5.75 Å². The first kappa shape index (κ1) is 10.4. The summed E-state index contributed by atoms with van der Waals surface area (Å²) in [7, 11) is 1.68. The Morgan fingerprint density at radius 1 is 1.41 bits per heavy atom. The van der Waals surface area contributed by atoms with Gasteiger partial charge in [-0.05, 0) is 12.1 Å². The first-order chi connectivity index (χ1) is 8.36. The van der Waals surface area contributed by atoms with Crippen LogP contribution in [0.25, 0.3) is 11.3 Å². The van der Waals surface area contributed by atoms with Gasteiger partial charge in [-0.25, -0.2) is 4.98 Å². The fourth-order valence-corrected chi connectivity index (χ4v) is 2.11. The van der Waals surface area contributed by atoms with E-state index >= 15 is 0 Å². The number of nitrogens with one attached hydrogen (secondary N) is 1. The molecule has 0 saturated carbocycles. The Labute approximate surface area is 100 Å². The van der Waals surface area contributed by atoms with Crippen molar-refractivity contribution in [1.82, 2.24) is 14.9 Å². The highest BCUT2D eigenvalue weighted by atomic mass is 16.5. The molecule has 1 N–H and O–H groups in total. The number of fused-ring (bicyclic) bond motifs is 1. The molecule has 2 heterocycles. The third kappa shape index (κ3) is 1.91. The highest BCUT2D eigenvalue weighted by Gasteiger charge is 2.12. The molecule has 0 radical (unpaired) electrons. The Hall–Kier alpha value is -1.81. The minimum absolute atomic E-state index is 0.851. The SMILES string of the molecule is COc1cccc(-c2cn3c(n2)CNCC3)c1. The lowest BCUT2D eigenvalue weighted by Crippen LogP contribution is -2.27. The van der Waals surface area contributed by atoms with E-state index in [-0.39, 0.29) is 0 Å². The molecule has 0 atom stereocenters. The van der Waals surface area contributed by atoms with E-state index in [0.717, 1.165) is 42.5 Å². The van der Waals surface area contributed by atoms with E-state index in [9.17, 15) is 0 Å². The van der Waals surface area contributed by atoms with Gasteiger partial charge >= 0.3 is 0 Å². The Kier molecular flexibility index (Phi) is 2.57. The first-order valence-electron chi connectivity index (χ1n) is 5.78. The molecule has 0 unspecified atom stereocenters. The summed E-state index contributed by atoms with van der Waals surface area (Å²) < 4.78 is 7.45. The van der Waals surface area contributed by atoms with Crippen LogP contribution in [0.3, 0.4) is 0 Å². The normalized spacial score (nSPS) is 14.4. The van der Waals surface area contributed by atoms with Crippen molar-refractivity contribution in [3.63, 3.8) is 0 Å². The molecule has 4 heteroatoms. The summed E-state index contributed by atoms with van der Waals surface area (Å²) in [6.45, 7) is 2.86. The Balaban J connectivity index is 2.00. The van der Waals surface area contributed by atoms with Crippen molar-refractivity contribution < 1.29 is 4.74 Å². The maximum atomic E-state index is 5.23. The van der Waals surface area contributed by atoms with Crippen molar-refractivity contribution in [1.29, 1.82) is 0 Å². The minimum Gasteiger partial charge on any atom is -0.497 e.